The van der Waals surface area contributed by atoms with E-state index in [-0.39, 0.29) is 0 Å². The molecule has 0 saturated carbocycles. The Hall–Kier alpha value is -2.29. The van der Waals surface area contributed by atoms with Crippen LogP contribution in [-0.2, 0) is 6.42 Å². The van der Waals surface area contributed by atoms with Crippen LogP contribution >= 0.6 is 0 Å². The minimum atomic E-state index is 1.02. The average molecular weight is 335 g/mol. The van der Waals surface area contributed by atoms with E-state index in [4.69, 9.17) is 4.98 Å². The molecule has 3 aromatic rings. The van der Waals surface area contributed by atoms with Crippen molar-refractivity contribution in [3.05, 3.63) is 58.4 Å². The smallest absolute Gasteiger partial charge is 0.139 e. The molecule has 0 radical (unpaired) electrons. The zero-order chi connectivity index (χ0) is 18.0. The molecule has 0 aliphatic rings. The molecule has 0 aliphatic heterocycles. The van der Waals surface area contributed by atoms with Gasteiger partial charge in [-0.25, -0.2) is 4.98 Å². The Kier molecular flexibility index (Phi) is 5.12. The number of para-hydroxylation sites is 1. The summed E-state index contributed by atoms with van der Waals surface area (Å²) in [7, 11) is 0. The van der Waals surface area contributed by atoms with Crippen LogP contribution in [0.25, 0.3) is 5.65 Å². The van der Waals surface area contributed by atoms with Gasteiger partial charge in [0, 0.05) is 11.4 Å². The van der Waals surface area contributed by atoms with E-state index in [1.165, 1.54) is 53.0 Å². The lowest BCUT2D eigenvalue weighted by molar-refractivity contribution is 0.710. The Balaban J connectivity index is 2.11. The summed E-state index contributed by atoms with van der Waals surface area (Å²) in [4.78, 5) is 4.96. The average Bonchev–Trinajstić information content (AvgIpc) is 2.89. The van der Waals surface area contributed by atoms with Gasteiger partial charge >= 0.3 is 0 Å². The minimum absolute atomic E-state index is 1.02. The summed E-state index contributed by atoms with van der Waals surface area (Å²) in [5.41, 5.74) is 8.41. The third kappa shape index (κ3) is 3.55. The largest absolute Gasteiger partial charge is 0.339 e. The fraction of sp³-hybridized carbons (Fsp3) is 0.409. The summed E-state index contributed by atoms with van der Waals surface area (Å²) in [6.45, 7) is 10.9. The molecular formula is C22H29N3. The molecule has 1 aromatic carbocycles. The maximum Gasteiger partial charge on any atom is 0.139 e. The molecule has 0 unspecified atom stereocenters. The molecule has 2 heterocycles. The number of aryl methyl sites for hydroxylation is 5. The predicted molar refractivity (Wildman–Crippen MR) is 107 cm³/mol. The highest BCUT2D eigenvalue weighted by molar-refractivity contribution is 5.69. The third-order valence-corrected chi connectivity index (χ3v) is 4.86. The highest BCUT2D eigenvalue weighted by Crippen LogP contribution is 2.29. The van der Waals surface area contributed by atoms with E-state index in [1.54, 1.807) is 0 Å². The molecule has 3 nitrogen and oxygen atoms in total. The first-order chi connectivity index (χ1) is 12.0. The number of anilines is 2. The van der Waals surface area contributed by atoms with Crippen molar-refractivity contribution in [2.24, 2.45) is 0 Å². The number of pyridine rings is 1. The van der Waals surface area contributed by atoms with E-state index in [0.29, 0.717) is 0 Å². The first-order valence-corrected chi connectivity index (χ1v) is 9.33. The summed E-state index contributed by atoms with van der Waals surface area (Å²) < 4.78 is 2.26. The molecule has 3 heteroatoms. The molecule has 2 aromatic heterocycles. The van der Waals surface area contributed by atoms with Crippen molar-refractivity contribution >= 4 is 17.2 Å². The molecule has 132 valence electrons. The molecular weight excluding hydrogens is 306 g/mol. The number of hydrogen-bond donors (Lipinski definition) is 1. The predicted octanol–water partition coefficient (Wildman–Crippen LogP) is 6.04. The van der Waals surface area contributed by atoms with E-state index in [0.717, 1.165) is 17.9 Å². The Bertz CT molecular complexity index is 870. The van der Waals surface area contributed by atoms with E-state index in [2.05, 4.69) is 74.7 Å². The Morgan fingerprint density at radius 3 is 2.40 bits per heavy atom. The first kappa shape index (κ1) is 17.5. The van der Waals surface area contributed by atoms with Crippen LogP contribution in [0.5, 0.6) is 0 Å². The topological polar surface area (TPSA) is 29.3 Å². The Morgan fingerprint density at radius 2 is 1.72 bits per heavy atom. The molecule has 0 saturated heterocycles. The summed E-state index contributed by atoms with van der Waals surface area (Å²) in [6.07, 6.45) is 4.67. The van der Waals surface area contributed by atoms with Crippen LogP contribution in [0.2, 0.25) is 0 Å². The molecule has 3 rings (SSSR count). The van der Waals surface area contributed by atoms with E-state index < -0.39 is 0 Å². The second-order valence-corrected chi connectivity index (χ2v) is 7.12. The van der Waals surface area contributed by atoms with Crippen LogP contribution in [0.4, 0.5) is 11.5 Å². The molecule has 0 atom stereocenters. The molecule has 0 amide bonds. The zero-order valence-electron chi connectivity index (χ0n) is 16.1. The van der Waals surface area contributed by atoms with Crippen LogP contribution in [0.3, 0.4) is 0 Å². The molecule has 0 spiro atoms. The number of hydrogen-bond acceptors (Lipinski definition) is 2. The monoisotopic (exact) mass is 335 g/mol. The number of unbranched alkanes of at least 4 members (excludes halogenated alkanes) is 2. The van der Waals surface area contributed by atoms with Gasteiger partial charge < -0.3 is 5.32 Å². The highest BCUT2D eigenvalue weighted by Gasteiger charge is 2.15. The minimum Gasteiger partial charge on any atom is -0.339 e. The Labute approximate surface area is 151 Å². The van der Waals surface area contributed by atoms with Crippen LogP contribution in [0, 0.1) is 27.7 Å². The molecule has 0 aliphatic carbocycles. The van der Waals surface area contributed by atoms with Crippen molar-refractivity contribution < 1.29 is 0 Å². The first-order valence-electron chi connectivity index (χ1n) is 9.33. The van der Waals surface area contributed by atoms with Gasteiger partial charge in [0.2, 0.25) is 0 Å². The lowest BCUT2D eigenvalue weighted by atomic mass is 10.1. The van der Waals surface area contributed by atoms with Crippen LogP contribution in [0.1, 0.15) is 54.3 Å². The van der Waals surface area contributed by atoms with E-state index in [1.807, 2.05) is 0 Å². The number of rotatable bonds is 6. The number of benzene rings is 1. The Morgan fingerprint density at radius 1 is 1.00 bits per heavy atom. The summed E-state index contributed by atoms with van der Waals surface area (Å²) in [5.74, 6) is 1.13. The maximum absolute atomic E-state index is 4.96. The second-order valence-electron chi connectivity index (χ2n) is 7.12. The standard InChI is InChI=1S/C22H29N3/c1-6-7-8-12-19-22(24-21-16(3)10-9-11-17(21)4)25-18(5)13-15(2)14-20(25)23-19/h9-11,13-14,24H,6-8,12H2,1-5H3. The number of nitrogens with zero attached hydrogens (tertiary/aromatic N) is 2. The van der Waals surface area contributed by atoms with Crippen molar-refractivity contribution in [1.82, 2.24) is 9.38 Å². The fourth-order valence-corrected chi connectivity index (χ4v) is 3.55. The van der Waals surface area contributed by atoms with Crippen molar-refractivity contribution in [2.75, 3.05) is 5.32 Å². The number of nitrogens with one attached hydrogen (secondary N) is 1. The molecule has 25 heavy (non-hydrogen) atoms. The molecule has 0 bridgehead atoms. The van der Waals surface area contributed by atoms with Gasteiger partial charge in [-0.1, -0.05) is 38.0 Å². The fourth-order valence-electron chi connectivity index (χ4n) is 3.55. The van der Waals surface area contributed by atoms with Gasteiger partial charge in [-0.15, -0.1) is 0 Å². The normalized spacial score (nSPS) is 11.2. The summed E-state index contributed by atoms with van der Waals surface area (Å²) >= 11 is 0. The summed E-state index contributed by atoms with van der Waals surface area (Å²) in [5, 5.41) is 3.72. The van der Waals surface area contributed by atoms with Gasteiger partial charge in [0.05, 0.1) is 5.69 Å². The second kappa shape index (κ2) is 7.30. The van der Waals surface area contributed by atoms with Gasteiger partial charge in [-0.05, 0) is 69.4 Å². The lowest BCUT2D eigenvalue weighted by Gasteiger charge is -2.15. The van der Waals surface area contributed by atoms with Crippen LogP contribution in [0.15, 0.2) is 30.3 Å². The third-order valence-electron chi connectivity index (χ3n) is 4.86. The quantitative estimate of drug-likeness (QED) is 0.556. The van der Waals surface area contributed by atoms with Crippen LogP contribution < -0.4 is 5.32 Å². The van der Waals surface area contributed by atoms with Gasteiger partial charge in [0.15, 0.2) is 0 Å². The van der Waals surface area contributed by atoms with E-state index in [9.17, 15) is 0 Å². The highest BCUT2D eigenvalue weighted by atomic mass is 15.1. The zero-order valence-corrected chi connectivity index (χ0v) is 16.1. The molecule has 1 N–H and O–H groups in total. The van der Waals surface area contributed by atoms with Gasteiger partial charge in [0.1, 0.15) is 11.5 Å². The van der Waals surface area contributed by atoms with Gasteiger partial charge in [-0.3, -0.25) is 4.40 Å². The van der Waals surface area contributed by atoms with Gasteiger partial charge in [0.25, 0.3) is 0 Å². The van der Waals surface area contributed by atoms with Crippen LogP contribution in [-0.4, -0.2) is 9.38 Å². The number of imidazole rings is 1. The van der Waals surface area contributed by atoms with Crippen molar-refractivity contribution in [3.8, 4) is 0 Å². The van der Waals surface area contributed by atoms with Crippen molar-refractivity contribution in [2.45, 2.75) is 60.3 Å². The number of aromatic nitrogens is 2. The maximum atomic E-state index is 4.96. The van der Waals surface area contributed by atoms with E-state index >= 15 is 0 Å². The van der Waals surface area contributed by atoms with Crippen molar-refractivity contribution in [3.63, 3.8) is 0 Å². The van der Waals surface area contributed by atoms with Gasteiger partial charge in [-0.2, -0.15) is 0 Å². The lowest BCUT2D eigenvalue weighted by Crippen LogP contribution is -2.04. The van der Waals surface area contributed by atoms with Crippen molar-refractivity contribution in [1.29, 1.82) is 0 Å². The number of fused-ring (bicyclic) bond motifs is 1. The molecule has 0 fully saturated rings. The summed E-state index contributed by atoms with van der Waals surface area (Å²) in [6, 6.07) is 10.8. The SMILES string of the molecule is CCCCCc1nc2cc(C)cc(C)n2c1Nc1c(C)cccc1C.